The molecular weight excluding hydrogens is 380 g/mol. The standard InChI is InChI=1S/C19H17ClN6O2/c1-22-17(23-15-5-3-4-14(20)10-15)16-18(25-28-26(16)2)24-19(27)13-8-6-12(11-21)7-9-13/h3-10,16H,1-2H3,(H,22,23)(H,24,25,27). The zero-order valence-corrected chi connectivity index (χ0v) is 15.9. The molecule has 1 heterocycles. The predicted molar refractivity (Wildman–Crippen MR) is 107 cm³/mol. The summed E-state index contributed by atoms with van der Waals surface area (Å²) in [7, 11) is 3.30. The molecule has 1 unspecified atom stereocenters. The van der Waals surface area contributed by atoms with Crippen molar-refractivity contribution in [3.63, 3.8) is 0 Å². The molecule has 142 valence electrons. The van der Waals surface area contributed by atoms with Gasteiger partial charge in [0.2, 0.25) is 0 Å². The van der Waals surface area contributed by atoms with Crippen LogP contribution in [0.4, 0.5) is 5.69 Å². The summed E-state index contributed by atoms with van der Waals surface area (Å²) >= 11 is 6.03. The van der Waals surface area contributed by atoms with Crippen LogP contribution in [-0.4, -0.2) is 42.8 Å². The van der Waals surface area contributed by atoms with E-state index >= 15 is 0 Å². The Balaban J connectivity index is 1.76. The van der Waals surface area contributed by atoms with Gasteiger partial charge in [0.05, 0.1) is 11.6 Å². The number of carbonyl (C=O) groups is 1. The van der Waals surface area contributed by atoms with E-state index < -0.39 is 6.04 Å². The van der Waals surface area contributed by atoms with E-state index in [9.17, 15) is 4.79 Å². The monoisotopic (exact) mass is 396 g/mol. The van der Waals surface area contributed by atoms with E-state index in [1.165, 1.54) is 5.06 Å². The van der Waals surface area contributed by atoms with Crippen LogP contribution in [0.25, 0.3) is 0 Å². The number of rotatable bonds is 3. The molecule has 28 heavy (non-hydrogen) atoms. The van der Waals surface area contributed by atoms with Gasteiger partial charge in [-0.1, -0.05) is 17.7 Å². The summed E-state index contributed by atoms with van der Waals surface area (Å²) in [6.45, 7) is 0. The lowest BCUT2D eigenvalue weighted by Crippen LogP contribution is -2.49. The van der Waals surface area contributed by atoms with E-state index in [0.717, 1.165) is 5.69 Å². The fraction of sp³-hybridized carbons (Fsp3) is 0.158. The van der Waals surface area contributed by atoms with Gasteiger partial charge in [-0.2, -0.15) is 5.26 Å². The van der Waals surface area contributed by atoms with Gasteiger partial charge in [0, 0.05) is 30.4 Å². The molecule has 9 heteroatoms. The third kappa shape index (κ3) is 4.28. The summed E-state index contributed by atoms with van der Waals surface area (Å²) in [5.74, 6) is 0.429. The number of benzene rings is 2. The number of carbonyl (C=O) groups excluding carboxylic acids is 1. The molecule has 0 bridgehead atoms. The molecule has 1 atom stereocenters. The first-order chi connectivity index (χ1) is 13.5. The first kappa shape index (κ1) is 19.4. The van der Waals surface area contributed by atoms with Gasteiger partial charge in [0.1, 0.15) is 5.84 Å². The minimum atomic E-state index is -0.550. The van der Waals surface area contributed by atoms with E-state index in [1.54, 1.807) is 50.5 Å². The molecule has 0 radical (unpaired) electrons. The summed E-state index contributed by atoms with van der Waals surface area (Å²) < 4.78 is 0. The summed E-state index contributed by atoms with van der Waals surface area (Å²) in [5, 5.41) is 20.8. The number of halogens is 1. The van der Waals surface area contributed by atoms with Crippen LogP contribution in [0.15, 0.2) is 58.7 Å². The Morgan fingerprint density at radius 3 is 2.68 bits per heavy atom. The van der Waals surface area contributed by atoms with Gasteiger partial charge in [-0.3, -0.25) is 14.7 Å². The fourth-order valence-electron chi connectivity index (χ4n) is 2.62. The largest absolute Gasteiger partial charge is 0.342 e. The van der Waals surface area contributed by atoms with Gasteiger partial charge in [-0.15, -0.1) is 5.06 Å². The quantitative estimate of drug-likeness (QED) is 0.613. The second-order valence-electron chi connectivity index (χ2n) is 5.89. The first-order valence-corrected chi connectivity index (χ1v) is 8.68. The number of likely N-dealkylation sites (N-methyl/N-ethyl adjacent to an activating group) is 1. The first-order valence-electron chi connectivity index (χ1n) is 8.30. The summed E-state index contributed by atoms with van der Waals surface area (Å²) in [6.07, 6.45) is 0. The Hall–Kier alpha value is -3.41. The molecule has 1 aliphatic rings. The van der Waals surface area contributed by atoms with Crippen molar-refractivity contribution in [1.29, 1.82) is 5.26 Å². The molecule has 0 spiro atoms. The number of nitrogens with zero attached hydrogens (tertiary/aromatic N) is 4. The number of nitrogens with one attached hydrogen (secondary N) is 2. The normalized spacial score (nSPS) is 16.7. The third-order valence-corrected chi connectivity index (χ3v) is 4.24. The van der Waals surface area contributed by atoms with Crippen LogP contribution in [0.3, 0.4) is 0 Å². The van der Waals surface area contributed by atoms with Crippen LogP contribution in [0.1, 0.15) is 15.9 Å². The van der Waals surface area contributed by atoms with Crippen LogP contribution in [0, 0.1) is 11.3 Å². The Morgan fingerprint density at radius 1 is 1.29 bits per heavy atom. The zero-order valence-electron chi connectivity index (χ0n) is 15.2. The van der Waals surface area contributed by atoms with E-state index in [2.05, 4.69) is 20.8 Å². The lowest BCUT2D eigenvalue weighted by atomic mass is 10.1. The van der Waals surface area contributed by atoms with Crippen molar-refractivity contribution in [2.75, 3.05) is 19.4 Å². The van der Waals surface area contributed by atoms with Crippen LogP contribution in [0.5, 0.6) is 0 Å². The number of amides is 1. The highest BCUT2D eigenvalue weighted by atomic mass is 35.5. The predicted octanol–water partition coefficient (Wildman–Crippen LogP) is 2.64. The number of nitriles is 1. The maximum atomic E-state index is 12.5. The number of hydrogen-bond donors (Lipinski definition) is 2. The smallest absolute Gasteiger partial charge is 0.256 e. The van der Waals surface area contributed by atoms with Gasteiger partial charge in [0.15, 0.2) is 11.9 Å². The van der Waals surface area contributed by atoms with E-state index in [4.69, 9.17) is 21.8 Å². The Morgan fingerprint density at radius 2 is 2.04 bits per heavy atom. The van der Waals surface area contributed by atoms with Crippen molar-refractivity contribution in [2.24, 2.45) is 10.1 Å². The van der Waals surface area contributed by atoms with Crippen LogP contribution < -0.4 is 10.6 Å². The van der Waals surface area contributed by atoms with Crippen molar-refractivity contribution >= 4 is 34.9 Å². The highest BCUT2D eigenvalue weighted by Crippen LogP contribution is 2.18. The summed E-state index contributed by atoms with van der Waals surface area (Å²) in [4.78, 5) is 22.0. The molecule has 1 aliphatic heterocycles. The average Bonchev–Trinajstić information content (AvgIpc) is 3.06. The lowest BCUT2D eigenvalue weighted by molar-refractivity contribution is -0.119. The third-order valence-electron chi connectivity index (χ3n) is 4.01. The van der Waals surface area contributed by atoms with Gasteiger partial charge in [-0.05, 0) is 47.6 Å². The molecule has 1 amide bonds. The van der Waals surface area contributed by atoms with Gasteiger partial charge >= 0.3 is 0 Å². The van der Waals surface area contributed by atoms with Crippen molar-refractivity contribution in [3.05, 3.63) is 64.7 Å². The fourth-order valence-corrected chi connectivity index (χ4v) is 2.81. The summed E-state index contributed by atoms with van der Waals surface area (Å²) in [6, 6.07) is 14.9. The number of hydrogen-bond acceptors (Lipinski definition) is 6. The molecule has 0 saturated heterocycles. The van der Waals surface area contributed by atoms with Crippen LogP contribution >= 0.6 is 11.6 Å². The van der Waals surface area contributed by atoms with Gasteiger partial charge in [0.25, 0.3) is 5.91 Å². The van der Waals surface area contributed by atoms with Crippen molar-refractivity contribution < 1.29 is 9.73 Å². The molecule has 0 aliphatic carbocycles. The second-order valence-corrected chi connectivity index (χ2v) is 6.33. The number of amidine groups is 2. The average molecular weight is 397 g/mol. The van der Waals surface area contributed by atoms with Crippen molar-refractivity contribution in [2.45, 2.75) is 6.04 Å². The molecule has 0 fully saturated rings. The van der Waals surface area contributed by atoms with E-state index in [0.29, 0.717) is 22.0 Å². The number of oxime groups is 1. The maximum absolute atomic E-state index is 12.5. The molecule has 2 aromatic carbocycles. The lowest BCUT2D eigenvalue weighted by Gasteiger charge is -2.21. The number of anilines is 1. The topological polar surface area (TPSA) is 102 Å². The SMILES string of the molecule is C/N=C(\Nc1cccc(Cl)c1)C1C(NC(=O)c2ccc(C#N)cc2)=NON1C. The second kappa shape index (κ2) is 8.52. The molecular formula is C19H17ClN6O2. The zero-order chi connectivity index (χ0) is 20.1. The van der Waals surface area contributed by atoms with Crippen molar-refractivity contribution in [1.82, 2.24) is 10.4 Å². The molecule has 0 saturated carbocycles. The highest BCUT2D eigenvalue weighted by Gasteiger charge is 2.35. The minimum absolute atomic E-state index is 0.284. The Kier molecular flexibility index (Phi) is 5.89. The van der Waals surface area contributed by atoms with Crippen molar-refractivity contribution in [3.8, 4) is 6.07 Å². The molecule has 0 aromatic heterocycles. The van der Waals surface area contributed by atoms with E-state index in [-0.39, 0.29) is 11.7 Å². The van der Waals surface area contributed by atoms with Crippen LogP contribution in [0.2, 0.25) is 5.02 Å². The molecule has 2 N–H and O–H groups in total. The molecule has 8 nitrogen and oxygen atoms in total. The van der Waals surface area contributed by atoms with E-state index in [1.807, 2.05) is 18.2 Å². The highest BCUT2D eigenvalue weighted by molar-refractivity contribution is 6.31. The maximum Gasteiger partial charge on any atom is 0.256 e. The number of hydroxylamine groups is 2. The molecule has 2 aromatic rings. The number of aliphatic imine (C=N–C) groups is 1. The minimum Gasteiger partial charge on any atom is -0.342 e. The summed E-state index contributed by atoms with van der Waals surface area (Å²) in [5.41, 5.74) is 1.61. The van der Waals surface area contributed by atoms with Gasteiger partial charge in [-0.25, -0.2) is 0 Å². The Labute approximate surface area is 167 Å². The molecule has 3 rings (SSSR count). The Bertz CT molecular complexity index is 981. The van der Waals surface area contributed by atoms with Gasteiger partial charge < -0.3 is 10.6 Å². The van der Waals surface area contributed by atoms with Crippen LogP contribution in [-0.2, 0) is 4.94 Å².